The van der Waals surface area contributed by atoms with Crippen molar-refractivity contribution in [1.82, 2.24) is 15.5 Å². The molecule has 1 atom stereocenters. The summed E-state index contributed by atoms with van der Waals surface area (Å²) in [4.78, 5) is 7.41. The van der Waals surface area contributed by atoms with E-state index in [0.717, 1.165) is 49.9 Å². The molecule has 1 aliphatic heterocycles. The second kappa shape index (κ2) is 11.7. The van der Waals surface area contributed by atoms with E-state index in [2.05, 4.69) is 35.4 Å². The van der Waals surface area contributed by atoms with Crippen molar-refractivity contribution in [1.29, 1.82) is 0 Å². The number of likely N-dealkylation sites (tertiary alicyclic amines) is 1. The summed E-state index contributed by atoms with van der Waals surface area (Å²) in [6.07, 6.45) is 4.69. The molecule has 1 saturated heterocycles. The number of aliphatic imine (C=N–C) groups is 1. The molecule has 1 aliphatic rings. The van der Waals surface area contributed by atoms with Crippen LogP contribution in [0.25, 0.3) is 0 Å². The number of ether oxygens (including phenoxy) is 2. The van der Waals surface area contributed by atoms with Crippen LogP contribution in [0.3, 0.4) is 0 Å². The van der Waals surface area contributed by atoms with Crippen LogP contribution >= 0.6 is 0 Å². The van der Waals surface area contributed by atoms with Crippen LogP contribution in [-0.4, -0.2) is 63.8 Å². The van der Waals surface area contributed by atoms with Crippen LogP contribution in [0.4, 0.5) is 0 Å². The Bertz CT molecular complexity index is 586. The van der Waals surface area contributed by atoms with Crippen molar-refractivity contribution in [2.75, 3.05) is 46.9 Å². The molecule has 6 nitrogen and oxygen atoms in total. The largest absolute Gasteiger partial charge is 0.493 e. The smallest absolute Gasteiger partial charge is 0.191 e. The predicted molar refractivity (Wildman–Crippen MR) is 112 cm³/mol. The Labute approximate surface area is 164 Å². The number of nitrogens with zero attached hydrogens (tertiary/aromatic N) is 2. The minimum atomic E-state index is 0.550. The molecule has 2 rings (SSSR count). The van der Waals surface area contributed by atoms with Gasteiger partial charge in [-0.2, -0.15) is 0 Å². The van der Waals surface area contributed by atoms with Crippen LogP contribution in [0.15, 0.2) is 23.2 Å². The number of methoxy groups -OCH3 is 2. The molecule has 0 radical (unpaired) electrons. The highest BCUT2D eigenvalue weighted by Gasteiger charge is 2.20. The number of guanidine groups is 1. The zero-order valence-corrected chi connectivity index (χ0v) is 17.4. The highest BCUT2D eigenvalue weighted by Crippen LogP contribution is 2.27. The van der Waals surface area contributed by atoms with Gasteiger partial charge in [-0.05, 0) is 63.4 Å². The van der Waals surface area contributed by atoms with Gasteiger partial charge in [0.1, 0.15) is 0 Å². The van der Waals surface area contributed by atoms with Crippen LogP contribution in [0.1, 0.15) is 38.7 Å². The summed E-state index contributed by atoms with van der Waals surface area (Å²) in [6.45, 7) is 9.33. The van der Waals surface area contributed by atoms with Crippen molar-refractivity contribution >= 4 is 5.96 Å². The molecular weight excluding hydrogens is 340 g/mol. The molecule has 1 heterocycles. The van der Waals surface area contributed by atoms with Gasteiger partial charge >= 0.3 is 0 Å². The van der Waals surface area contributed by atoms with Crippen molar-refractivity contribution in [3.8, 4) is 11.5 Å². The third-order valence-corrected chi connectivity index (χ3v) is 5.09. The molecule has 1 aromatic rings. The van der Waals surface area contributed by atoms with Gasteiger partial charge in [0.05, 0.1) is 20.8 Å². The lowest BCUT2D eigenvalue weighted by molar-refractivity contribution is 0.242. The number of rotatable bonds is 10. The molecule has 0 saturated carbocycles. The van der Waals surface area contributed by atoms with Gasteiger partial charge in [0.15, 0.2) is 17.5 Å². The first-order valence-corrected chi connectivity index (χ1v) is 10.2. The molecule has 2 N–H and O–H groups in total. The van der Waals surface area contributed by atoms with Crippen LogP contribution in [0.5, 0.6) is 11.5 Å². The van der Waals surface area contributed by atoms with Gasteiger partial charge in [-0.15, -0.1) is 0 Å². The maximum atomic E-state index is 5.38. The fraction of sp³-hybridized carbons (Fsp3) is 0.667. The van der Waals surface area contributed by atoms with Crippen molar-refractivity contribution in [2.24, 2.45) is 4.99 Å². The van der Waals surface area contributed by atoms with E-state index in [9.17, 15) is 0 Å². The van der Waals surface area contributed by atoms with E-state index in [-0.39, 0.29) is 0 Å². The fourth-order valence-corrected chi connectivity index (χ4v) is 3.51. The Morgan fingerprint density at radius 3 is 2.48 bits per heavy atom. The van der Waals surface area contributed by atoms with Crippen LogP contribution < -0.4 is 20.1 Å². The minimum absolute atomic E-state index is 0.550. The average molecular weight is 377 g/mol. The molecule has 0 bridgehead atoms. The molecule has 27 heavy (non-hydrogen) atoms. The van der Waals surface area contributed by atoms with Gasteiger partial charge in [-0.1, -0.05) is 13.0 Å². The third kappa shape index (κ3) is 6.61. The highest BCUT2D eigenvalue weighted by molar-refractivity contribution is 5.79. The fourth-order valence-electron chi connectivity index (χ4n) is 3.51. The van der Waals surface area contributed by atoms with Crippen LogP contribution in [-0.2, 0) is 6.42 Å². The van der Waals surface area contributed by atoms with Gasteiger partial charge in [0, 0.05) is 19.1 Å². The SMILES string of the molecule is CCNC(=NCC(CC)N1CCCC1)NCCc1ccc(OC)c(OC)c1. The number of hydrogen-bond donors (Lipinski definition) is 2. The van der Waals surface area contributed by atoms with Gasteiger partial charge in [0.2, 0.25) is 0 Å². The zero-order valence-electron chi connectivity index (χ0n) is 17.4. The first-order valence-electron chi connectivity index (χ1n) is 10.2. The van der Waals surface area contributed by atoms with Crippen molar-refractivity contribution in [3.05, 3.63) is 23.8 Å². The molecule has 1 aromatic carbocycles. The Morgan fingerprint density at radius 1 is 1.11 bits per heavy atom. The first kappa shape index (κ1) is 21.4. The predicted octanol–water partition coefficient (Wildman–Crippen LogP) is 2.68. The Balaban J connectivity index is 1.87. The third-order valence-electron chi connectivity index (χ3n) is 5.09. The minimum Gasteiger partial charge on any atom is -0.493 e. The van der Waals surface area contributed by atoms with E-state index in [1.165, 1.54) is 31.5 Å². The summed E-state index contributed by atoms with van der Waals surface area (Å²) in [5.41, 5.74) is 1.21. The normalized spacial score (nSPS) is 16.2. The second-order valence-electron chi connectivity index (χ2n) is 6.89. The van der Waals surface area contributed by atoms with Crippen LogP contribution in [0.2, 0.25) is 0 Å². The molecule has 0 aliphatic carbocycles. The molecule has 1 fully saturated rings. The molecule has 0 aromatic heterocycles. The molecule has 152 valence electrons. The number of hydrogen-bond acceptors (Lipinski definition) is 4. The highest BCUT2D eigenvalue weighted by atomic mass is 16.5. The van der Waals surface area contributed by atoms with Gasteiger partial charge in [-0.3, -0.25) is 9.89 Å². The first-order chi connectivity index (χ1) is 13.2. The van der Waals surface area contributed by atoms with E-state index >= 15 is 0 Å². The number of nitrogens with one attached hydrogen (secondary N) is 2. The lowest BCUT2D eigenvalue weighted by Crippen LogP contribution is -2.40. The average Bonchev–Trinajstić information content (AvgIpc) is 3.22. The Morgan fingerprint density at radius 2 is 1.85 bits per heavy atom. The topological polar surface area (TPSA) is 58.1 Å². The van der Waals surface area contributed by atoms with E-state index in [1.54, 1.807) is 14.2 Å². The van der Waals surface area contributed by atoms with Gasteiger partial charge in [0.25, 0.3) is 0 Å². The standard InChI is InChI=1S/C21H36N4O2/c1-5-18(25-13-7-8-14-25)16-24-21(22-6-2)23-12-11-17-9-10-19(26-3)20(15-17)27-4/h9-10,15,18H,5-8,11-14,16H2,1-4H3,(H2,22,23,24). The summed E-state index contributed by atoms with van der Waals surface area (Å²) in [7, 11) is 3.32. The van der Waals surface area contributed by atoms with E-state index in [1.807, 2.05) is 12.1 Å². The van der Waals surface area contributed by atoms with E-state index in [0.29, 0.717) is 6.04 Å². The summed E-state index contributed by atoms with van der Waals surface area (Å²) >= 11 is 0. The molecule has 1 unspecified atom stereocenters. The van der Waals surface area contributed by atoms with Crippen molar-refractivity contribution < 1.29 is 9.47 Å². The molecule has 0 spiro atoms. The summed E-state index contributed by atoms with van der Waals surface area (Å²) < 4.78 is 10.7. The number of benzene rings is 1. The van der Waals surface area contributed by atoms with E-state index in [4.69, 9.17) is 14.5 Å². The quantitative estimate of drug-likeness (QED) is 0.486. The second-order valence-corrected chi connectivity index (χ2v) is 6.89. The van der Waals surface area contributed by atoms with Crippen LogP contribution in [0, 0.1) is 0 Å². The summed E-state index contributed by atoms with van der Waals surface area (Å²) in [6, 6.07) is 6.61. The Hall–Kier alpha value is -1.95. The van der Waals surface area contributed by atoms with Gasteiger partial charge in [-0.25, -0.2) is 0 Å². The lowest BCUT2D eigenvalue weighted by Gasteiger charge is -2.25. The van der Waals surface area contributed by atoms with Crippen molar-refractivity contribution in [2.45, 2.75) is 45.6 Å². The molecule has 6 heteroatoms. The maximum Gasteiger partial charge on any atom is 0.191 e. The molecular formula is C21H36N4O2. The summed E-state index contributed by atoms with van der Waals surface area (Å²) in [5, 5.41) is 6.81. The summed E-state index contributed by atoms with van der Waals surface area (Å²) in [5.74, 6) is 2.43. The molecule has 0 amide bonds. The van der Waals surface area contributed by atoms with Crippen molar-refractivity contribution in [3.63, 3.8) is 0 Å². The maximum absolute atomic E-state index is 5.38. The Kier molecular flexibility index (Phi) is 9.25. The monoisotopic (exact) mass is 376 g/mol. The van der Waals surface area contributed by atoms with E-state index < -0.39 is 0 Å². The van der Waals surface area contributed by atoms with Gasteiger partial charge < -0.3 is 20.1 Å². The lowest BCUT2D eigenvalue weighted by atomic mass is 10.1. The zero-order chi connectivity index (χ0) is 19.5.